The van der Waals surface area contributed by atoms with Gasteiger partial charge in [-0.05, 0) is 53.0 Å². The van der Waals surface area contributed by atoms with E-state index in [-0.39, 0.29) is 6.42 Å². The number of methoxy groups -OCH3 is 1. The van der Waals surface area contributed by atoms with Gasteiger partial charge >= 0.3 is 24.0 Å². The molecule has 0 aromatic heterocycles. The number of ether oxygens (including phenoxy) is 4. The lowest BCUT2D eigenvalue weighted by Crippen LogP contribution is -2.56. The number of carbonyl (C=O) groups is 5. The molecule has 0 aromatic carbocycles. The van der Waals surface area contributed by atoms with Gasteiger partial charge in [-0.1, -0.05) is 0 Å². The Hall–Kier alpha value is -3.11. The minimum atomic E-state index is -1.41. The van der Waals surface area contributed by atoms with Gasteiger partial charge in [0.1, 0.15) is 23.5 Å². The van der Waals surface area contributed by atoms with Gasteiger partial charge in [-0.2, -0.15) is 0 Å². The quantitative estimate of drug-likeness (QED) is 0.454. The monoisotopic (exact) mass is 468 g/mol. The van der Waals surface area contributed by atoms with Crippen LogP contribution in [0.15, 0.2) is 11.3 Å². The van der Waals surface area contributed by atoms with E-state index in [1.54, 1.807) is 27.7 Å². The van der Waals surface area contributed by atoms with E-state index in [0.29, 0.717) is 18.6 Å². The van der Waals surface area contributed by atoms with E-state index in [0.717, 1.165) is 12.7 Å². The van der Waals surface area contributed by atoms with E-state index in [2.05, 4.69) is 10.6 Å². The van der Waals surface area contributed by atoms with Gasteiger partial charge in [-0.3, -0.25) is 14.4 Å². The van der Waals surface area contributed by atoms with Crippen molar-refractivity contribution in [3.8, 4) is 0 Å². The SMILES string of the molecule is COC(=O)[C@H]1NC(=O)[C@@H](NC(=O)OC(C)(C)C)CC(=O)OC2=C(C)CC[C@@H](C2)C(=O)O[C@@H]1C. The number of hydrogen-bond donors (Lipinski definition) is 2. The Bertz CT molecular complexity index is 843. The summed E-state index contributed by atoms with van der Waals surface area (Å²) in [7, 11) is 1.12. The van der Waals surface area contributed by atoms with Crippen molar-refractivity contribution in [2.24, 2.45) is 5.92 Å². The Morgan fingerprint density at radius 1 is 1.15 bits per heavy atom. The number of carbonyl (C=O) groups excluding carboxylic acids is 5. The summed E-state index contributed by atoms with van der Waals surface area (Å²) in [6, 6.07) is -2.77. The van der Waals surface area contributed by atoms with E-state index >= 15 is 0 Å². The van der Waals surface area contributed by atoms with Crippen LogP contribution < -0.4 is 10.6 Å². The van der Waals surface area contributed by atoms with Gasteiger partial charge in [0.25, 0.3) is 0 Å². The molecule has 184 valence electrons. The van der Waals surface area contributed by atoms with Crippen LogP contribution in [0, 0.1) is 5.92 Å². The molecule has 11 heteroatoms. The normalized spacial score (nSPS) is 27.0. The Labute approximate surface area is 192 Å². The molecule has 2 aliphatic rings. The molecule has 2 amide bonds. The summed E-state index contributed by atoms with van der Waals surface area (Å²) >= 11 is 0. The zero-order chi connectivity index (χ0) is 24.9. The van der Waals surface area contributed by atoms with Gasteiger partial charge in [0, 0.05) is 6.42 Å². The minimum absolute atomic E-state index is 0.150. The van der Waals surface area contributed by atoms with Crippen LogP contribution in [0.3, 0.4) is 0 Å². The molecule has 0 saturated carbocycles. The van der Waals surface area contributed by atoms with E-state index in [1.807, 2.05) is 0 Å². The summed E-state index contributed by atoms with van der Waals surface area (Å²) in [6.07, 6.45) is -1.35. The zero-order valence-electron chi connectivity index (χ0n) is 19.8. The van der Waals surface area contributed by atoms with Crippen molar-refractivity contribution < 1.29 is 42.9 Å². The molecule has 1 heterocycles. The third kappa shape index (κ3) is 7.47. The summed E-state index contributed by atoms with van der Waals surface area (Å²) in [6.45, 7) is 8.17. The molecule has 1 aliphatic heterocycles. The topological polar surface area (TPSA) is 146 Å². The highest BCUT2D eigenvalue weighted by Gasteiger charge is 2.38. The summed E-state index contributed by atoms with van der Waals surface area (Å²) in [5.41, 5.74) is -0.0374. The summed E-state index contributed by atoms with van der Waals surface area (Å²) < 4.78 is 20.8. The smallest absolute Gasteiger partial charge is 0.408 e. The van der Waals surface area contributed by atoms with Crippen LogP contribution in [0.25, 0.3) is 0 Å². The fourth-order valence-electron chi connectivity index (χ4n) is 3.46. The predicted molar refractivity (Wildman–Crippen MR) is 113 cm³/mol. The highest BCUT2D eigenvalue weighted by Crippen LogP contribution is 2.31. The molecule has 33 heavy (non-hydrogen) atoms. The average molecular weight is 469 g/mol. The van der Waals surface area contributed by atoms with Gasteiger partial charge in [0.15, 0.2) is 6.04 Å². The Morgan fingerprint density at radius 3 is 2.42 bits per heavy atom. The Balaban J connectivity index is 2.38. The lowest BCUT2D eigenvalue weighted by Gasteiger charge is -2.27. The van der Waals surface area contributed by atoms with Crippen molar-refractivity contribution >= 4 is 29.9 Å². The first-order valence-electron chi connectivity index (χ1n) is 10.8. The summed E-state index contributed by atoms with van der Waals surface area (Å²) in [5, 5.41) is 4.74. The first-order chi connectivity index (χ1) is 15.3. The van der Waals surface area contributed by atoms with Gasteiger partial charge < -0.3 is 29.6 Å². The second-order valence-corrected chi connectivity index (χ2v) is 9.17. The predicted octanol–water partition coefficient (Wildman–Crippen LogP) is 1.49. The highest BCUT2D eigenvalue weighted by molar-refractivity contribution is 5.93. The maximum atomic E-state index is 13.0. The van der Waals surface area contributed by atoms with Crippen LogP contribution in [-0.4, -0.2) is 60.8 Å². The van der Waals surface area contributed by atoms with Crippen LogP contribution in [0.5, 0.6) is 0 Å². The second-order valence-electron chi connectivity index (χ2n) is 9.17. The van der Waals surface area contributed by atoms with Crippen molar-refractivity contribution in [1.29, 1.82) is 0 Å². The van der Waals surface area contributed by atoms with Gasteiger partial charge in [0.2, 0.25) is 5.91 Å². The summed E-state index contributed by atoms with van der Waals surface area (Å²) in [5.74, 6) is -3.31. The molecule has 2 rings (SSSR count). The van der Waals surface area contributed by atoms with E-state index < -0.39 is 66.0 Å². The van der Waals surface area contributed by atoms with Crippen molar-refractivity contribution in [2.75, 3.05) is 7.11 Å². The van der Waals surface area contributed by atoms with Crippen LogP contribution in [0.1, 0.15) is 60.3 Å². The molecule has 2 N–H and O–H groups in total. The maximum Gasteiger partial charge on any atom is 0.408 e. The molecule has 0 unspecified atom stereocenters. The number of esters is 3. The number of alkyl carbamates (subject to hydrolysis) is 1. The van der Waals surface area contributed by atoms with Gasteiger partial charge in [-0.15, -0.1) is 0 Å². The Kier molecular flexibility index (Phi) is 8.45. The number of allylic oxidation sites excluding steroid dienone is 2. The van der Waals surface area contributed by atoms with Gasteiger partial charge in [-0.25, -0.2) is 9.59 Å². The van der Waals surface area contributed by atoms with Crippen LogP contribution >= 0.6 is 0 Å². The molecule has 0 radical (unpaired) electrons. The number of nitrogens with one attached hydrogen (secondary N) is 2. The molecule has 4 atom stereocenters. The number of rotatable bonds is 2. The molecule has 11 nitrogen and oxygen atoms in total. The fourth-order valence-corrected chi connectivity index (χ4v) is 3.46. The fraction of sp³-hybridized carbons (Fsp3) is 0.682. The highest BCUT2D eigenvalue weighted by atomic mass is 16.6. The molecule has 2 bridgehead atoms. The number of amides is 2. The molecule has 1 fully saturated rings. The standard InChI is InChI=1S/C22H32N2O9/c1-11-7-8-13-9-15(11)32-16(25)10-14(23-21(29)33-22(3,4)5)18(26)24-17(20(28)30-6)12(2)31-19(13)27/h12-14,17H,7-10H2,1-6H3,(H,23,29)(H,24,26)/t12-,13+,14+,17+/m1/s1. The first-order valence-corrected chi connectivity index (χ1v) is 10.8. The van der Waals surface area contributed by atoms with Crippen LogP contribution in [0.4, 0.5) is 4.79 Å². The molecule has 1 aliphatic carbocycles. The van der Waals surface area contributed by atoms with Crippen LogP contribution in [0.2, 0.25) is 0 Å². The number of cyclic esters (lactones) is 1. The van der Waals surface area contributed by atoms with E-state index in [1.165, 1.54) is 6.92 Å². The zero-order valence-corrected chi connectivity index (χ0v) is 19.8. The lowest BCUT2D eigenvalue weighted by atomic mass is 9.88. The number of fused-ring (bicyclic) bond motifs is 2. The second kappa shape index (κ2) is 10.7. The molecular formula is C22H32N2O9. The molecule has 0 spiro atoms. The van der Waals surface area contributed by atoms with E-state index in [9.17, 15) is 24.0 Å². The van der Waals surface area contributed by atoms with Crippen LogP contribution in [-0.2, 0) is 38.1 Å². The summed E-state index contributed by atoms with van der Waals surface area (Å²) in [4.78, 5) is 62.9. The lowest BCUT2D eigenvalue weighted by molar-refractivity contribution is -0.161. The van der Waals surface area contributed by atoms with Crippen molar-refractivity contribution in [3.05, 3.63) is 11.3 Å². The molecular weight excluding hydrogens is 436 g/mol. The average Bonchev–Trinajstić information content (AvgIpc) is 2.70. The largest absolute Gasteiger partial charge is 0.467 e. The maximum absolute atomic E-state index is 13.0. The van der Waals surface area contributed by atoms with Crippen molar-refractivity contribution in [1.82, 2.24) is 10.6 Å². The third-order valence-electron chi connectivity index (χ3n) is 5.25. The van der Waals surface area contributed by atoms with Gasteiger partial charge in [0.05, 0.1) is 19.4 Å². The molecule has 0 aromatic rings. The van der Waals surface area contributed by atoms with Crippen molar-refractivity contribution in [2.45, 2.75) is 84.1 Å². The first kappa shape index (κ1) is 26.1. The number of hydrogen-bond acceptors (Lipinski definition) is 9. The van der Waals surface area contributed by atoms with E-state index in [4.69, 9.17) is 18.9 Å². The minimum Gasteiger partial charge on any atom is -0.467 e. The molecule has 1 saturated heterocycles. The Morgan fingerprint density at radius 2 is 1.82 bits per heavy atom. The van der Waals surface area contributed by atoms with Crippen molar-refractivity contribution in [3.63, 3.8) is 0 Å². The third-order valence-corrected chi connectivity index (χ3v) is 5.25.